The first-order valence-electron chi connectivity index (χ1n) is 8.66. The molecule has 1 saturated heterocycles. The van der Waals surface area contributed by atoms with Crippen molar-refractivity contribution < 1.29 is 13.9 Å². The summed E-state index contributed by atoms with van der Waals surface area (Å²) in [5, 5.41) is 1.01. The molecular weight excluding hydrogens is 330 g/mol. The van der Waals surface area contributed by atoms with E-state index in [-0.39, 0.29) is 12.0 Å². The predicted octanol–water partition coefficient (Wildman–Crippen LogP) is 2.66. The van der Waals surface area contributed by atoms with Crippen LogP contribution in [-0.2, 0) is 4.74 Å². The van der Waals surface area contributed by atoms with Gasteiger partial charge in [0.15, 0.2) is 0 Å². The van der Waals surface area contributed by atoms with Crippen LogP contribution in [-0.4, -0.2) is 44.4 Å². The lowest BCUT2D eigenvalue weighted by Crippen LogP contribution is -2.36. The second kappa shape index (κ2) is 7.61. The number of morpholine rings is 1. The molecule has 2 aromatic carbocycles. The molecule has 0 N–H and O–H groups in total. The Labute approximate surface area is 151 Å². The molecule has 1 fully saturated rings. The second-order valence-electron chi connectivity index (χ2n) is 6.09. The SMILES string of the molecule is O=c1c2ccccc2oc2cccc(OCC#CCN3CCOCC3)c12. The summed E-state index contributed by atoms with van der Waals surface area (Å²) >= 11 is 0. The lowest BCUT2D eigenvalue weighted by molar-refractivity contribution is 0.0443. The minimum absolute atomic E-state index is 0.0845. The van der Waals surface area contributed by atoms with Gasteiger partial charge in [0.2, 0.25) is 5.43 Å². The molecule has 3 aromatic rings. The summed E-state index contributed by atoms with van der Waals surface area (Å²) in [7, 11) is 0. The third-order valence-corrected chi connectivity index (χ3v) is 4.40. The van der Waals surface area contributed by atoms with Crippen molar-refractivity contribution in [2.75, 3.05) is 39.5 Å². The normalized spacial score (nSPS) is 14.9. The average molecular weight is 349 g/mol. The number of nitrogens with zero attached hydrogens (tertiary/aromatic N) is 1. The zero-order chi connectivity index (χ0) is 17.8. The number of ether oxygens (including phenoxy) is 2. The molecule has 1 aromatic heterocycles. The van der Waals surface area contributed by atoms with Crippen molar-refractivity contribution in [3.63, 3.8) is 0 Å². The molecule has 2 heterocycles. The van der Waals surface area contributed by atoms with Gasteiger partial charge >= 0.3 is 0 Å². The van der Waals surface area contributed by atoms with E-state index in [2.05, 4.69) is 16.7 Å². The van der Waals surface area contributed by atoms with Gasteiger partial charge in [-0.3, -0.25) is 9.69 Å². The van der Waals surface area contributed by atoms with Crippen molar-refractivity contribution in [1.29, 1.82) is 0 Å². The highest BCUT2D eigenvalue weighted by atomic mass is 16.5. The van der Waals surface area contributed by atoms with Gasteiger partial charge in [-0.1, -0.05) is 30.0 Å². The standard InChI is InChI=1S/C21H19NO4/c23-21-16-6-1-2-7-17(16)26-19-9-5-8-18(20(19)21)25-13-4-3-10-22-11-14-24-15-12-22/h1-2,5-9H,10-15H2. The van der Waals surface area contributed by atoms with E-state index in [1.165, 1.54) is 0 Å². The lowest BCUT2D eigenvalue weighted by Gasteiger charge is -2.24. The molecule has 0 bridgehead atoms. The van der Waals surface area contributed by atoms with E-state index in [0.29, 0.717) is 34.2 Å². The van der Waals surface area contributed by atoms with Crippen LogP contribution in [0.4, 0.5) is 0 Å². The summed E-state index contributed by atoms with van der Waals surface area (Å²) < 4.78 is 16.9. The van der Waals surface area contributed by atoms with Crippen molar-refractivity contribution >= 4 is 21.9 Å². The van der Waals surface area contributed by atoms with Gasteiger partial charge in [-0.25, -0.2) is 0 Å². The minimum atomic E-state index is -0.0845. The van der Waals surface area contributed by atoms with Gasteiger partial charge in [0, 0.05) is 13.1 Å². The van der Waals surface area contributed by atoms with E-state index in [1.807, 2.05) is 18.2 Å². The van der Waals surface area contributed by atoms with Crippen molar-refractivity contribution in [2.24, 2.45) is 0 Å². The molecule has 0 amide bonds. The van der Waals surface area contributed by atoms with Gasteiger partial charge in [-0.2, -0.15) is 0 Å². The number of hydrogen-bond donors (Lipinski definition) is 0. The largest absolute Gasteiger partial charge is 0.480 e. The summed E-state index contributed by atoms with van der Waals surface area (Å²) in [5.74, 6) is 6.63. The van der Waals surface area contributed by atoms with Crippen LogP contribution in [0.5, 0.6) is 5.75 Å². The van der Waals surface area contributed by atoms with Crippen molar-refractivity contribution in [3.05, 3.63) is 52.7 Å². The van der Waals surface area contributed by atoms with Crippen LogP contribution in [0.1, 0.15) is 0 Å². The Kier molecular flexibility index (Phi) is 4.87. The van der Waals surface area contributed by atoms with Gasteiger partial charge in [0.1, 0.15) is 28.9 Å². The van der Waals surface area contributed by atoms with Gasteiger partial charge in [-0.05, 0) is 24.3 Å². The summed E-state index contributed by atoms with van der Waals surface area (Å²) in [5.41, 5.74) is 1.01. The van der Waals surface area contributed by atoms with E-state index in [0.717, 1.165) is 26.3 Å². The molecule has 4 rings (SSSR count). The highest BCUT2D eigenvalue weighted by Gasteiger charge is 2.12. The Hall–Kier alpha value is -2.81. The van der Waals surface area contributed by atoms with Crippen LogP contribution >= 0.6 is 0 Å². The van der Waals surface area contributed by atoms with Crippen molar-refractivity contribution in [3.8, 4) is 17.6 Å². The number of rotatable bonds is 3. The molecule has 0 saturated carbocycles. The number of hydrogen-bond acceptors (Lipinski definition) is 5. The fraction of sp³-hybridized carbons (Fsp3) is 0.286. The molecule has 0 atom stereocenters. The minimum Gasteiger partial charge on any atom is -0.480 e. The summed E-state index contributed by atoms with van der Waals surface area (Å²) in [4.78, 5) is 15.1. The van der Waals surface area contributed by atoms with E-state index < -0.39 is 0 Å². The average Bonchev–Trinajstić information content (AvgIpc) is 2.69. The molecule has 0 aliphatic carbocycles. The smallest absolute Gasteiger partial charge is 0.204 e. The third-order valence-electron chi connectivity index (χ3n) is 4.40. The van der Waals surface area contributed by atoms with Crippen LogP contribution in [0, 0.1) is 11.8 Å². The second-order valence-corrected chi connectivity index (χ2v) is 6.09. The Balaban J connectivity index is 1.53. The zero-order valence-electron chi connectivity index (χ0n) is 14.4. The summed E-state index contributed by atoms with van der Waals surface area (Å²) in [6.07, 6.45) is 0. The lowest BCUT2D eigenvalue weighted by atomic mass is 10.1. The molecule has 0 unspecified atom stereocenters. The van der Waals surface area contributed by atoms with Crippen LogP contribution in [0.15, 0.2) is 51.7 Å². The fourth-order valence-electron chi connectivity index (χ4n) is 3.03. The molecule has 5 nitrogen and oxygen atoms in total. The van der Waals surface area contributed by atoms with Gasteiger partial charge < -0.3 is 13.9 Å². The summed E-state index contributed by atoms with van der Waals surface area (Å²) in [6, 6.07) is 12.6. The molecule has 1 aliphatic rings. The Morgan fingerprint density at radius 3 is 2.69 bits per heavy atom. The van der Waals surface area contributed by atoms with E-state index >= 15 is 0 Å². The first-order chi connectivity index (χ1) is 12.8. The molecule has 0 radical (unpaired) electrons. The zero-order valence-corrected chi connectivity index (χ0v) is 14.4. The van der Waals surface area contributed by atoms with E-state index in [4.69, 9.17) is 13.9 Å². The van der Waals surface area contributed by atoms with Crippen LogP contribution < -0.4 is 10.2 Å². The highest BCUT2D eigenvalue weighted by Crippen LogP contribution is 2.25. The maximum absolute atomic E-state index is 12.8. The highest BCUT2D eigenvalue weighted by molar-refractivity contribution is 5.93. The number of fused-ring (bicyclic) bond motifs is 2. The maximum atomic E-state index is 12.8. The van der Waals surface area contributed by atoms with Gasteiger partial charge in [0.05, 0.1) is 25.1 Å². The predicted molar refractivity (Wildman–Crippen MR) is 101 cm³/mol. The van der Waals surface area contributed by atoms with Crippen LogP contribution in [0.25, 0.3) is 21.9 Å². The van der Waals surface area contributed by atoms with Crippen LogP contribution in [0.2, 0.25) is 0 Å². The monoisotopic (exact) mass is 349 g/mol. The molecular formula is C21H19NO4. The Bertz CT molecular complexity index is 1040. The third kappa shape index (κ3) is 3.43. The number of benzene rings is 2. The first kappa shape index (κ1) is 16.6. The quantitative estimate of drug-likeness (QED) is 0.537. The topological polar surface area (TPSA) is 51.9 Å². The van der Waals surface area contributed by atoms with Crippen LogP contribution in [0.3, 0.4) is 0 Å². The first-order valence-corrected chi connectivity index (χ1v) is 8.66. The molecule has 26 heavy (non-hydrogen) atoms. The Morgan fingerprint density at radius 1 is 1.00 bits per heavy atom. The molecule has 132 valence electrons. The van der Waals surface area contributed by atoms with E-state index in [1.54, 1.807) is 24.3 Å². The molecule has 5 heteroatoms. The Morgan fingerprint density at radius 2 is 1.81 bits per heavy atom. The van der Waals surface area contributed by atoms with E-state index in [9.17, 15) is 4.79 Å². The fourth-order valence-corrected chi connectivity index (χ4v) is 3.03. The molecule has 0 spiro atoms. The van der Waals surface area contributed by atoms with Gasteiger partial charge in [0.25, 0.3) is 0 Å². The van der Waals surface area contributed by atoms with Gasteiger partial charge in [-0.15, -0.1) is 0 Å². The van der Waals surface area contributed by atoms with Crippen molar-refractivity contribution in [1.82, 2.24) is 4.90 Å². The maximum Gasteiger partial charge on any atom is 0.204 e. The molecule has 1 aliphatic heterocycles. The number of para-hydroxylation sites is 1. The van der Waals surface area contributed by atoms with Crippen molar-refractivity contribution in [2.45, 2.75) is 0 Å². The summed E-state index contributed by atoms with van der Waals surface area (Å²) in [6.45, 7) is 4.28.